The molecule has 0 bridgehead atoms. The molecule has 0 saturated heterocycles. The molecule has 0 aliphatic heterocycles. The molecule has 1 N–H and O–H groups in total. The van der Waals surface area contributed by atoms with Crippen LogP contribution in [0.2, 0.25) is 0 Å². The highest BCUT2D eigenvalue weighted by Gasteiger charge is 2.32. The van der Waals surface area contributed by atoms with Crippen LogP contribution in [0.15, 0.2) is 12.1 Å². The highest BCUT2D eigenvalue weighted by atomic mass is 19.4. The summed E-state index contributed by atoms with van der Waals surface area (Å²) in [5.74, 6) is -0.697. The fourth-order valence-corrected chi connectivity index (χ4v) is 2.39. The van der Waals surface area contributed by atoms with Crippen molar-refractivity contribution in [1.29, 1.82) is 0 Å². The summed E-state index contributed by atoms with van der Waals surface area (Å²) in [6.07, 6.45) is -4.39. The van der Waals surface area contributed by atoms with Crippen molar-refractivity contribution in [2.24, 2.45) is 0 Å². The molecule has 1 aromatic rings. The van der Waals surface area contributed by atoms with E-state index in [2.05, 4.69) is 5.32 Å². The van der Waals surface area contributed by atoms with E-state index in [1.807, 2.05) is 19.1 Å². The lowest BCUT2D eigenvalue weighted by molar-refractivity contribution is -0.149. The Labute approximate surface area is 122 Å². The average Bonchev–Trinajstić information content (AvgIpc) is 2.31. The van der Waals surface area contributed by atoms with Crippen molar-refractivity contribution in [3.63, 3.8) is 0 Å². The summed E-state index contributed by atoms with van der Waals surface area (Å²) in [7, 11) is 0. The Morgan fingerprint density at radius 2 is 1.76 bits per heavy atom. The quantitative estimate of drug-likeness (QED) is 0.848. The SMILES string of the molecule is CCOC(=O)C(NCC(F)(F)F)c1c(C)cc(C)cc1C. The first-order valence-corrected chi connectivity index (χ1v) is 6.70. The average molecular weight is 303 g/mol. The molecule has 0 amide bonds. The van der Waals surface area contributed by atoms with Crippen molar-refractivity contribution in [3.8, 4) is 0 Å². The van der Waals surface area contributed by atoms with Crippen molar-refractivity contribution < 1.29 is 22.7 Å². The smallest absolute Gasteiger partial charge is 0.401 e. The molecule has 0 aromatic heterocycles. The van der Waals surface area contributed by atoms with Crippen LogP contribution in [0, 0.1) is 20.8 Å². The summed E-state index contributed by atoms with van der Waals surface area (Å²) in [6, 6.07) is 2.56. The largest absolute Gasteiger partial charge is 0.465 e. The van der Waals surface area contributed by atoms with Gasteiger partial charge in [0.2, 0.25) is 0 Å². The van der Waals surface area contributed by atoms with Crippen LogP contribution in [0.4, 0.5) is 13.2 Å². The van der Waals surface area contributed by atoms with Gasteiger partial charge in [-0.2, -0.15) is 13.2 Å². The van der Waals surface area contributed by atoms with Crippen LogP contribution in [0.1, 0.15) is 35.2 Å². The summed E-state index contributed by atoms with van der Waals surface area (Å²) in [4.78, 5) is 12.0. The third-order valence-corrected chi connectivity index (χ3v) is 3.06. The number of carbonyl (C=O) groups excluding carboxylic acids is 1. The highest BCUT2D eigenvalue weighted by Crippen LogP contribution is 2.26. The number of halogens is 3. The van der Waals surface area contributed by atoms with E-state index < -0.39 is 24.7 Å². The van der Waals surface area contributed by atoms with Crippen LogP contribution in [0.25, 0.3) is 0 Å². The van der Waals surface area contributed by atoms with Gasteiger partial charge in [-0.1, -0.05) is 17.7 Å². The number of hydrogen-bond acceptors (Lipinski definition) is 3. The molecular weight excluding hydrogens is 283 g/mol. The normalized spacial score (nSPS) is 13.1. The lowest BCUT2D eigenvalue weighted by Crippen LogP contribution is -2.37. The number of alkyl halides is 3. The number of aryl methyl sites for hydroxylation is 3. The van der Waals surface area contributed by atoms with Gasteiger partial charge in [0.1, 0.15) is 6.04 Å². The molecular formula is C15H20F3NO2. The van der Waals surface area contributed by atoms with E-state index in [1.54, 1.807) is 20.8 Å². The van der Waals surface area contributed by atoms with Gasteiger partial charge in [0, 0.05) is 0 Å². The Kier molecular flexibility index (Phi) is 5.78. The molecule has 21 heavy (non-hydrogen) atoms. The first kappa shape index (κ1) is 17.5. The van der Waals surface area contributed by atoms with Gasteiger partial charge < -0.3 is 4.74 Å². The molecule has 1 aromatic carbocycles. The zero-order chi connectivity index (χ0) is 16.2. The molecule has 0 aliphatic rings. The number of carbonyl (C=O) groups is 1. The van der Waals surface area contributed by atoms with Gasteiger partial charge in [-0.3, -0.25) is 5.32 Å². The molecule has 0 spiro atoms. The summed E-state index contributed by atoms with van der Waals surface area (Å²) in [6.45, 7) is 5.93. The van der Waals surface area contributed by atoms with Crippen molar-refractivity contribution in [1.82, 2.24) is 5.32 Å². The summed E-state index contributed by atoms with van der Waals surface area (Å²) < 4.78 is 42.2. The summed E-state index contributed by atoms with van der Waals surface area (Å²) >= 11 is 0. The zero-order valence-electron chi connectivity index (χ0n) is 12.6. The molecule has 0 aliphatic carbocycles. The van der Waals surface area contributed by atoms with Crippen molar-refractivity contribution in [2.75, 3.05) is 13.2 Å². The molecule has 6 heteroatoms. The Morgan fingerprint density at radius 3 is 2.19 bits per heavy atom. The number of nitrogens with one attached hydrogen (secondary N) is 1. The maximum Gasteiger partial charge on any atom is 0.401 e. The first-order chi connectivity index (χ1) is 9.65. The van der Waals surface area contributed by atoms with E-state index >= 15 is 0 Å². The van der Waals surface area contributed by atoms with Crippen LogP contribution in [0.3, 0.4) is 0 Å². The second kappa shape index (κ2) is 6.93. The topological polar surface area (TPSA) is 38.3 Å². The molecule has 1 rings (SSSR count). The number of ether oxygens (including phenoxy) is 1. The maximum absolute atomic E-state index is 12.4. The van der Waals surface area contributed by atoms with Gasteiger partial charge in [-0.15, -0.1) is 0 Å². The number of rotatable bonds is 5. The lowest BCUT2D eigenvalue weighted by Gasteiger charge is -2.22. The van der Waals surface area contributed by atoms with E-state index in [0.717, 1.165) is 16.7 Å². The number of hydrogen-bond donors (Lipinski definition) is 1. The second-order valence-electron chi connectivity index (χ2n) is 4.99. The minimum Gasteiger partial charge on any atom is -0.465 e. The predicted molar refractivity (Wildman–Crippen MR) is 74.1 cm³/mol. The molecule has 0 fully saturated rings. The van der Waals surface area contributed by atoms with Crippen molar-refractivity contribution in [2.45, 2.75) is 39.9 Å². The van der Waals surface area contributed by atoms with E-state index in [1.165, 1.54) is 0 Å². The van der Waals surface area contributed by atoms with E-state index in [0.29, 0.717) is 5.56 Å². The molecule has 1 unspecified atom stereocenters. The van der Waals surface area contributed by atoms with Crippen molar-refractivity contribution >= 4 is 5.97 Å². The monoisotopic (exact) mass is 303 g/mol. The van der Waals surface area contributed by atoms with Crippen LogP contribution < -0.4 is 5.32 Å². The molecule has 0 saturated carbocycles. The van der Waals surface area contributed by atoms with Crippen LogP contribution in [0.5, 0.6) is 0 Å². The third-order valence-electron chi connectivity index (χ3n) is 3.06. The van der Waals surface area contributed by atoms with Gasteiger partial charge in [0.05, 0.1) is 13.2 Å². The Balaban J connectivity index is 3.15. The van der Waals surface area contributed by atoms with Gasteiger partial charge in [0.15, 0.2) is 0 Å². The lowest BCUT2D eigenvalue weighted by atomic mass is 9.94. The molecule has 3 nitrogen and oxygen atoms in total. The Bertz CT molecular complexity index is 489. The fraction of sp³-hybridized carbons (Fsp3) is 0.533. The first-order valence-electron chi connectivity index (χ1n) is 6.70. The Hall–Kier alpha value is -1.56. The second-order valence-corrected chi connectivity index (χ2v) is 4.99. The predicted octanol–water partition coefficient (Wildman–Crippen LogP) is 3.37. The van der Waals surface area contributed by atoms with Gasteiger partial charge in [0.25, 0.3) is 0 Å². The molecule has 0 heterocycles. The van der Waals surface area contributed by atoms with E-state index in [4.69, 9.17) is 4.74 Å². The van der Waals surface area contributed by atoms with Crippen LogP contribution in [-0.4, -0.2) is 25.3 Å². The minimum atomic E-state index is -4.39. The maximum atomic E-state index is 12.4. The number of benzene rings is 1. The van der Waals surface area contributed by atoms with Gasteiger partial charge in [-0.05, 0) is 44.4 Å². The summed E-state index contributed by atoms with van der Waals surface area (Å²) in [5, 5.41) is 2.26. The standard InChI is InChI=1S/C15H20F3NO2/c1-5-21-14(20)13(19-8-15(16,17)18)12-10(3)6-9(2)7-11(12)4/h6-7,13,19H,5,8H2,1-4H3. The molecule has 0 radical (unpaired) electrons. The van der Waals surface area contributed by atoms with Crippen LogP contribution >= 0.6 is 0 Å². The fourth-order valence-electron chi connectivity index (χ4n) is 2.39. The van der Waals surface area contributed by atoms with E-state index in [-0.39, 0.29) is 6.61 Å². The summed E-state index contributed by atoms with van der Waals surface area (Å²) in [5.41, 5.74) is 3.07. The zero-order valence-corrected chi connectivity index (χ0v) is 12.6. The minimum absolute atomic E-state index is 0.118. The number of esters is 1. The van der Waals surface area contributed by atoms with Crippen LogP contribution in [-0.2, 0) is 9.53 Å². The molecule has 118 valence electrons. The van der Waals surface area contributed by atoms with Crippen molar-refractivity contribution in [3.05, 3.63) is 34.4 Å². The molecule has 1 atom stereocenters. The van der Waals surface area contributed by atoms with Gasteiger partial charge in [-0.25, -0.2) is 4.79 Å². The highest BCUT2D eigenvalue weighted by molar-refractivity contribution is 5.78. The third kappa shape index (κ3) is 5.04. The van der Waals surface area contributed by atoms with Gasteiger partial charge >= 0.3 is 12.1 Å². The Morgan fingerprint density at radius 1 is 1.24 bits per heavy atom. The van der Waals surface area contributed by atoms with E-state index in [9.17, 15) is 18.0 Å².